The van der Waals surface area contributed by atoms with Crippen LogP contribution < -0.4 is 10.1 Å². The van der Waals surface area contributed by atoms with E-state index in [1.807, 2.05) is 0 Å². The highest BCUT2D eigenvalue weighted by Crippen LogP contribution is 2.48. The van der Waals surface area contributed by atoms with E-state index in [2.05, 4.69) is 5.32 Å². The van der Waals surface area contributed by atoms with Crippen molar-refractivity contribution >= 4 is 17.7 Å². The van der Waals surface area contributed by atoms with Crippen molar-refractivity contribution in [1.29, 1.82) is 0 Å². The van der Waals surface area contributed by atoms with Crippen LogP contribution >= 0.6 is 0 Å². The first-order chi connectivity index (χ1) is 15.0. The van der Waals surface area contributed by atoms with Crippen molar-refractivity contribution in [2.24, 2.45) is 0 Å². The van der Waals surface area contributed by atoms with Crippen molar-refractivity contribution in [2.45, 2.75) is 39.1 Å². The van der Waals surface area contributed by atoms with E-state index in [1.54, 1.807) is 38.1 Å². The van der Waals surface area contributed by atoms with Gasteiger partial charge >= 0.3 is 12.3 Å². The first-order valence-electron chi connectivity index (χ1n) is 9.85. The molecule has 0 spiro atoms. The second-order valence-corrected chi connectivity index (χ2v) is 8.11. The Bertz CT molecular complexity index is 1170. The Kier molecular flexibility index (Phi) is 4.95. The third-order valence-corrected chi connectivity index (χ3v) is 5.68. The Morgan fingerprint density at radius 3 is 2.50 bits per heavy atom. The summed E-state index contributed by atoms with van der Waals surface area (Å²) in [5, 5.41) is 2.58. The standard InChI is InChI=1S/C23H21F3N2O4/c1-12-15(23(24,25)26)9-10-16-17(12)18(19(22(2,3)32-16)27-21(30)31-4)28-11-13-7-5-6-8-14(13)20(28)29/h5-10H,11H2,1-4H3,(H,27,30). The zero-order chi connectivity index (χ0) is 23.4. The lowest BCUT2D eigenvalue weighted by atomic mass is 9.89. The number of alkyl halides is 3. The van der Waals surface area contributed by atoms with E-state index < -0.39 is 23.4 Å². The predicted molar refractivity (Wildman–Crippen MR) is 110 cm³/mol. The third-order valence-electron chi connectivity index (χ3n) is 5.68. The van der Waals surface area contributed by atoms with E-state index in [-0.39, 0.29) is 40.7 Å². The number of ether oxygens (including phenoxy) is 2. The SMILES string of the molecule is COC(=O)NC1=C(N2Cc3ccccc3C2=O)c2c(ccc(C(F)(F)F)c2C)OC1(C)C. The van der Waals surface area contributed by atoms with E-state index in [9.17, 15) is 22.8 Å². The minimum atomic E-state index is -4.61. The van der Waals surface area contributed by atoms with Crippen LogP contribution in [-0.4, -0.2) is 29.6 Å². The lowest BCUT2D eigenvalue weighted by Gasteiger charge is -2.40. The molecule has 6 nitrogen and oxygen atoms in total. The van der Waals surface area contributed by atoms with Gasteiger partial charge in [-0.3, -0.25) is 10.1 Å². The number of halogens is 3. The fourth-order valence-electron chi connectivity index (χ4n) is 4.18. The monoisotopic (exact) mass is 446 g/mol. The topological polar surface area (TPSA) is 67.9 Å². The van der Waals surface area contributed by atoms with Crippen molar-refractivity contribution in [3.8, 4) is 5.75 Å². The molecule has 168 valence electrons. The average Bonchev–Trinajstić information content (AvgIpc) is 3.04. The van der Waals surface area contributed by atoms with Crippen molar-refractivity contribution in [3.05, 3.63) is 69.9 Å². The molecule has 2 aliphatic rings. The van der Waals surface area contributed by atoms with E-state index in [4.69, 9.17) is 9.47 Å². The maximum absolute atomic E-state index is 13.7. The van der Waals surface area contributed by atoms with E-state index in [0.717, 1.165) is 11.6 Å². The molecule has 0 saturated heterocycles. The Morgan fingerprint density at radius 2 is 1.88 bits per heavy atom. The molecule has 0 unspecified atom stereocenters. The molecule has 0 saturated carbocycles. The van der Waals surface area contributed by atoms with Crippen LogP contribution in [0, 0.1) is 6.92 Å². The van der Waals surface area contributed by atoms with Gasteiger partial charge in [0.15, 0.2) is 0 Å². The summed E-state index contributed by atoms with van der Waals surface area (Å²) in [4.78, 5) is 26.8. The summed E-state index contributed by atoms with van der Waals surface area (Å²) in [7, 11) is 1.17. The molecule has 2 aliphatic heterocycles. The second-order valence-electron chi connectivity index (χ2n) is 8.11. The molecule has 9 heteroatoms. The molecule has 2 aromatic rings. The summed E-state index contributed by atoms with van der Waals surface area (Å²) in [5.41, 5.74) is -0.533. The maximum atomic E-state index is 13.7. The lowest BCUT2D eigenvalue weighted by molar-refractivity contribution is -0.138. The van der Waals surface area contributed by atoms with Gasteiger partial charge in [0.2, 0.25) is 0 Å². The van der Waals surface area contributed by atoms with Crippen molar-refractivity contribution in [1.82, 2.24) is 10.2 Å². The first-order valence-corrected chi connectivity index (χ1v) is 9.85. The molecular weight excluding hydrogens is 425 g/mol. The Hall–Kier alpha value is -3.49. The van der Waals surface area contributed by atoms with Crippen LogP contribution in [0.3, 0.4) is 0 Å². The van der Waals surface area contributed by atoms with E-state index in [0.29, 0.717) is 5.56 Å². The van der Waals surface area contributed by atoms with Gasteiger partial charge in [0.1, 0.15) is 11.4 Å². The van der Waals surface area contributed by atoms with Crippen LogP contribution in [0.1, 0.15) is 46.5 Å². The number of methoxy groups -OCH3 is 1. The number of carbonyl (C=O) groups excluding carboxylic acids is 2. The molecule has 4 rings (SSSR count). The summed E-state index contributed by atoms with van der Waals surface area (Å²) >= 11 is 0. The predicted octanol–water partition coefficient (Wildman–Crippen LogP) is 4.87. The molecule has 32 heavy (non-hydrogen) atoms. The maximum Gasteiger partial charge on any atom is 0.416 e. The number of hydrogen-bond acceptors (Lipinski definition) is 4. The molecule has 0 atom stereocenters. The fraction of sp³-hybridized carbons (Fsp3) is 0.304. The average molecular weight is 446 g/mol. The van der Waals surface area contributed by atoms with Gasteiger partial charge in [-0.1, -0.05) is 18.2 Å². The molecule has 2 aromatic carbocycles. The molecule has 0 bridgehead atoms. The summed E-state index contributed by atoms with van der Waals surface area (Å²) < 4.78 is 51.8. The normalized spacial score (nSPS) is 17.0. The Labute approximate surface area is 182 Å². The first kappa shape index (κ1) is 21.7. The number of nitrogens with zero attached hydrogens (tertiary/aromatic N) is 1. The molecule has 2 heterocycles. The number of benzene rings is 2. The summed E-state index contributed by atoms with van der Waals surface area (Å²) in [6.45, 7) is 4.78. The lowest BCUT2D eigenvalue weighted by Crippen LogP contribution is -2.46. The summed E-state index contributed by atoms with van der Waals surface area (Å²) in [5.74, 6) is -0.185. The van der Waals surface area contributed by atoms with E-state index in [1.165, 1.54) is 25.0 Å². The van der Waals surface area contributed by atoms with Crippen molar-refractivity contribution < 1.29 is 32.2 Å². The van der Waals surface area contributed by atoms with Crippen LogP contribution in [-0.2, 0) is 17.5 Å². The van der Waals surface area contributed by atoms with Crippen molar-refractivity contribution in [2.75, 3.05) is 7.11 Å². The molecule has 0 aromatic heterocycles. The highest BCUT2D eigenvalue weighted by Gasteiger charge is 2.44. The number of nitrogens with one attached hydrogen (secondary N) is 1. The molecule has 0 aliphatic carbocycles. The molecular formula is C23H21F3N2O4. The Morgan fingerprint density at radius 1 is 1.19 bits per heavy atom. The minimum Gasteiger partial charge on any atom is -0.481 e. The third kappa shape index (κ3) is 3.37. The van der Waals surface area contributed by atoms with Crippen LogP contribution in [0.2, 0.25) is 0 Å². The number of fused-ring (bicyclic) bond motifs is 2. The zero-order valence-electron chi connectivity index (χ0n) is 17.9. The van der Waals surface area contributed by atoms with Gasteiger partial charge in [-0.2, -0.15) is 13.2 Å². The van der Waals surface area contributed by atoms with Crippen molar-refractivity contribution in [3.63, 3.8) is 0 Å². The van der Waals surface area contributed by atoms with Gasteiger partial charge in [-0.05, 0) is 50.1 Å². The molecule has 1 N–H and O–H groups in total. The van der Waals surface area contributed by atoms with Crippen LogP contribution in [0.25, 0.3) is 5.70 Å². The van der Waals surface area contributed by atoms with Gasteiger partial charge in [0.25, 0.3) is 5.91 Å². The second kappa shape index (κ2) is 7.29. The highest BCUT2D eigenvalue weighted by molar-refractivity contribution is 6.04. The highest BCUT2D eigenvalue weighted by atomic mass is 19.4. The number of alkyl carbamates (subject to hydrolysis) is 1. The molecule has 2 amide bonds. The quantitative estimate of drug-likeness (QED) is 0.715. The number of carbonyl (C=O) groups is 2. The van der Waals surface area contributed by atoms with Gasteiger partial charge in [0.05, 0.1) is 30.6 Å². The molecule has 0 radical (unpaired) electrons. The number of rotatable bonds is 2. The fourth-order valence-corrected chi connectivity index (χ4v) is 4.18. The van der Waals surface area contributed by atoms with Crippen LogP contribution in [0.5, 0.6) is 5.75 Å². The van der Waals surface area contributed by atoms with Gasteiger partial charge < -0.3 is 14.4 Å². The van der Waals surface area contributed by atoms with Gasteiger partial charge in [-0.25, -0.2) is 4.79 Å². The smallest absolute Gasteiger partial charge is 0.416 e. The summed E-state index contributed by atoms with van der Waals surface area (Å²) in [6.07, 6.45) is -5.43. The largest absolute Gasteiger partial charge is 0.481 e. The zero-order valence-corrected chi connectivity index (χ0v) is 17.9. The van der Waals surface area contributed by atoms with Crippen LogP contribution in [0.15, 0.2) is 42.1 Å². The van der Waals surface area contributed by atoms with Gasteiger partial charge in [0, 0.05) is 11.1 Å². The van der Waals surface area contributed by atoms with Gasteiger partial charge in [-0.15, -0.1) is 0 Å². The van der Waals surface area contributed by atoms with E-state index >= 15 is 0 Å². The number of amides is 2. The minimum absolute atomic E-state index is 0.103. The van der Waals surface area contributed by atoms with Crippen LogP contribution in [0.4, 0.5) is 18.0 Å². The number of hydrogen-bond donors (Lipinski definition) is 1. The molecule has 0 fully saturated rings. The Balaban J connectivity index is 2.01. The summed E-state index contributed by atoms with van der Waals surface area (Å²) in [6, 6.07) is 9.15.